The van der Waals surface area contributed by atoms with Crippen LogP contribution in [-0.2, 0) is 0 Å². The first kappa shape index (κ1) is 42.9. The minimum absolute atomic E-state index is 0.796. The van der Waals surface area contributed by atoms with Crippen LogP contribution in [-0.4, -0.2) is 25.3 Å². The Bertz CT molecular complexity index is 1710. The van der Waals surface area contributed by atoms with E-state index in [1.807, 2.05) is 0 Å². The third-order valence-corrected chi connectivity index (χ3v) is 8.43. The maximum Gasteiger partial charge on any atom is 0.200 e. The first-order chi connectivity index (χ1) is 24.4. The second-order valence-corrected chi connectivity index (χ2v) is 11.3. The van der Waals surface area contributed by atoms with E-state index in [-0.39, 0.29) is 0 Å². The molecule has 0 radical (unpaired) electrons. The summed E-state index contributed by atoms with van der Waals surface area (Å²) in [6, 6.07) is 0.796. The van der Waals surface area contributed by atoms with Crippen molar-refractivity contribution in [2.75, 3.05) is 13.1 Å². The molecule has 1 nitrogen and oxygen atoms in total. The van der Waals surface area contributed by atoms with Crippen LogP contribution in [0.3, 0.4) is 0 Å². The van der Waals surface area contributed by atoms with E-state index in [4.69, 9.17) is 0 Å². The van der Waals surface area contributed by atoms with E-state index in [1.165, 1.54) is 13.1 Å². The van der Waals surface area contributed by atoms with Crippen molar-refractivity contribution in [2.24, 2.45) is 0 Å². The number of rotatable bonds is 7. The van der Waals surface area contributed by atoms with E-state index < -0.39 is 144 Å². The largest absolute Gasteiger partial charge is 0.333 e. The van der Waals surface area contributed by atoms with Crippen molar-refractivity contribution in [3.63, 3.8) is 0 Å². The van der Waals surface area contributed by atoms with Crippen LogP contribution in [0.25, 0.3) is 0 Å². The lowest BCUT2D eigenvalue weighted by atomic mass is 9.12. The molecule has 0 fully saturated rings. The average Bonchev–Trinajstić information content (AvgIpc) is 3.12. The number of halogens is 20. The third kappa shape index (κ3) is 6.45. The van der Waals surface area contributed by atoms with Gasteiger partial charge in [-0.3, -0.25) is 0 Å². The molecule has 0 bridgehead atoms. The van der Waals surface area contributed by atoms with Crippen molar-refractivity contribution < 1.29 is 92.7 Å². The molecule has 4 aromatic carbocycles. The normalized spacial score (nSPS) is 11.9. The van der Waals surface area contributed by atoms with Crippen LogP contribution in [0.4, 0.5) is 87.8 Å². The van der Waals surface area contributed by atoms with Gasteiger partial charge in [0.05, 0.1) is 19.1 Å². The lowest BCUT2D eigenvalue weighted by Gasteiger charge is -2.44. The highest BCUT2D eigenvalue weighted by Crippen LogP contribution is 2.30. The summed E-state index contributed by atoms with van der Waals surface area (Å²) in [7, 11) is 0. The fourth-order valence-corrected chi connectivity index (χ4v) is 5.94. The van der Waals surface area contributed by atoms with E-state index in [1.54, 1.807) is 4.90 Å². The van der Waals surface area contributed by atoms with Gasteiger partial charge >= 0.3 is 0 Å². The van der Waals surface area contributed by atoms with Gasteiger partial charge in [-0.05, 0) is 27.7 Å². The highest BCUT2D eigenvalue weighted by molar-refractivity contribution is 7.20. The maximum absolute atomic E-state index is 15.4. The van der Waals surface area contributed by atoms with Crippen LogP contribution in [0.5, 0.6) is 0 Å². The van der Waals surface area contributed by atoms with Crippen LogP contribution in [0.15, 0.2) is 0 Å². The van der Waals surface area contributed by atoms with Gasteiger partial charge in [0.2, 0.25) is 0 Å². The van der Waals surface area contributed by atoms with Crippen molar-refractivity contribution in [2.45, 2.75) is 33.7 Å². The highest BCUT2D eigenvalue weighted by Gasteiger charge is 2.52. The Balaban J connectivity index is 0.000000846. The van der Waals surface area contributed by atoms with Gasteiger partial charge in [0.25, 0.3) is 0 Å². The molecule has 22 heteroatoms. The predicted molar refractivity (Wildman–Crippen MR) is 146 cm³/mol. The van der Waals surface area contributed by atoms with Crippen molar-refractivity contribution in [1.82, 2.24) is 0 Å². The molecule has 1 N–H and O–H groups in total. The molecular weight excluding hydrogens is 777 g/mol. The van der Waals surface area contributed by atoms with Crippen molar-refractivity contribution in [1.29, 1.82) is 0 Å². The Hall–Kier alpha value is -4.50. The maximum atomic E-state index is 15.4. The fraction of sp³-hybridized carbons (Fsp3) is 0.226. The lowest BCUT2D eigenvalue weighted by Crippen LogP contribution is -3.14. The van der Waals surface area contributed by atoms with E-state index >= 15 is 35.1 Å². The smallest absolute Gasteiger partial charge is 0.200 e. The Morgan fingerprint density at radius 1 is 0.302 bits per heavy atom. The van der Waals surface area contributed by atoms with Crippen LogP contribution < -0.4 is 26.8 Å². The van der Waals surface area contributed by atoms with Gasteiger partial charge in [-0.25, -0.2) is 87.8 Å². The monoisotopic (exact) mass is 795 g/mol. The van der Waals surface area contributed by atoms with E-state index in [0.717, 1.165) is 6.04 Å². The van der Waals surface area contributed by atoms with Gasteiger partial charge in [-0.15, -0.1) is 21.9 Å². The molecule has 0 saturated carbocycles. The summed E-state index contributed by atoms with van der Waals surface area (Å²) in [5.74, 6) is -71.4. The van der Waals surface area contributed by atoms with Crippen LogP contribution >= 0.6 is 0 Å². The molecule has 0 atom stereocenters. The van der Waals surface area contributed by atoms with Gasteiger partial charge in [0, 0.05) is 0 Å². The molecule has 4 rings (SSSR count). The van der Waals surface area contributed by atoms with Gasteiger partial charge in [-0.1, -0.05) is 0 Å². The zero-order valence-corrected chi connectivity index (χ0v) is 26.6. The molecular formula is C31H18BF20N. The minimum Gasteiger partial charge on any atom is -0.333 e. The zero-order chi connectivity index (χ0) is 40.9. The second-order valence-electron chi connectivity index (χ2n) is 11.3. The summed E-state index contributed by atoms with van der Waals surface area (Å²) in [6.07, 6.45) is -7.22. The number of hydrogen-bond donors (Lipinski definition) is 1. The summed E-state index contributed by atoms with van der Waals surface area (Å²) in [4.78, 5) is 1.69. The number of hydrogen-bond acceptors (Lipinski definition) is 0. The second kappa shape index (κ2) is 15.5. The van der Waals surface area contributed by atoms with Crippen LogP contribution in [0, 0.1) is 116 Å². The summed E-state index contributed by atoms with van der Waals surface area (Å²) in [5.41, 5.74) is -14.3. The van der Waals surface area contributed by atoms with Gasteiger partial charge < -0.3 is 4.90 Å². The van der Waals surface area contributed by atoms with E-state index in [9.17, 15) is 52.7 Å². The molecule has 0 aliphatic carbocycles. The summed E-state index contributed by atoms with van der Waals surface area (Å²) >= 11 is 0. The zero-order valence-electron chi connectivity index (χ0n) is 26.6. The molecule has 53 heavy (non-hydrogen) atoms. The molecule has 0 spiro atoms. The van der Waals surface area contributed by atoms with Crippen LogP contribution in [0.2, 0.25) is 0 Å². The molecule has 290 valence electrons. The number of nitrogens with one attached hydrogen (secondary N) is 1. The van der Waals surface area contributed by atoms with E-state index in [2.05, 4.69) is 27.7 Å². The first-order valence-electron chi connectivity index (χ1n) is 14.5. The van der Waals surface area contributed by atoms with Crippen molar-refractivity contribution >= 4 is 28.0 Å². The summed E-state index contributed by atoms with van der Waals surface area (Å²) in [6.45, 7) is 11.5. The predicted octanol–water partition coefficient (Wildman–Crippen LogP) is 6.17. The Morgan fingerprint density at radius 2 is 0.434 bits per heavy atom. The Morgan fingerprint density at radius 3 is 0.528 bits per heavy atom. The quantitative estimate of drug-likeness (QED) is 0.0990. The fourth-order valence-electron chi connectivity index (χ4n) is 5.94. The summed E-state index contributed by atoms with van der Waals surface area (Å²) in [5, 5.41) is 0. The standard InChI is InChI=1S/C24BF20.C7H17N/c26-5-1(6(27)14(35)21(42)13(5)34)25(2-7(28)15(36)22(43)16(37)8(2)29,3-9(30)17(38)23(44)18(39)10(3)31)4-11(32)19(40)24(45)20(41)12(4)33;1-5-8(6-2)7(3)4/h;7H,5-6H2,1-4H3/q-1;/p+1. The highest BCUT2D eigenvalue weighted by atomic mass is 19.2. The topological polar surface area (TPSA) is 4.44 Å². The van der Waals surface area contributed by atoms with Gasteiger partial charge in [0.15, 0.2) is 69.8 Å². The molecule has 0 unspecified atom stereocenters. The molecule has 0 amide bonds. The third-order valence-electron chi connectivity index (χ3n) is 8.43. The lowest BCUT2D eigenvalue weighted by molar-refractivity contribution is -0.917. The minimum atomic E-state index is -7.22. The van der Waals surface area contributed by atoms with Gasteiger partial charge in [0.1, 0.15) is 52.7 Å². The molecule has 0 heterocycles. The number of quaternary nitrogens is 1. The molecule has 0 aromatic heterocycles. The average molecular weight is 795 g/mol. The molecule has 0 saturated heterocycles. The first-order valence-corrected chi connectivity index (χ1v) is 14.5. The number of benzene rings is 4. The van der Waals surface area contributed by atoms with Gasteiger partial charge in [-0.2, -0.15) is 0 Å². The SMILES string of the molecule is CC[NH+](CC)C(C)C.Fc1c(F)c(F)c([B-](c2c(F)c(F)c(F)c(F)c2F)(c2c(F)c(F)c(F)c(F)c2F)c2c(F)c(F)c(F)c(F)c2F)c(F)c1F. The Kier molecular flexibility index (Phi) is 12.5. The van der Waals surface area contributed by atoms with Crippen molar-refractivity contribution in [3.8, 4) is 0 Å². The molecule has 0 aliphatic heterocycles. The van der Waals surface area contributed by atoms with Crippen LogP contribution in [0.1, 0.15) is 27.7 Å². The molecule has 4 aromatic rings. The van der Waals surface area contributed by atoms with E-state index in [0.29, 0.717) is 0 Å². The summed E-state index contributed by atoms with van der Waals surface area (Å²) < 4.78 is 294. The van der Waals surface area contributed by atoms with Crippen molar-refractivity contribution in [3.05, 3.63) is 116 Å². The molecule has 0 aliphatic rings. The Labute approximate surface area is 284 Å².